The number of imidazole rings is 1. The summed E-state index contributed by atoms with van der Waals surface area (Å²) in [6.07, 6.45) is 3.88. The van der Waals surface area contributed by atoms with Crippen LogP contribution in [0.15, 0.2) is 29.0 Å². The van der Waals surface area contributed by atoms with Crippen molar-refractivity contribution in [3.8, 4) is 0 Å². The molecule has 0 aliphatic rings. The van der Waals surface area contributed by atoms with Crippen LogP contribution in [-0.4, -0.2) is 16.6 Å². The number of likely N-dealkylation sites (N-methyl/N-ethyl adjacent to an activating group) is 1. The number of hydrogen-bond acceptors (Lipinski definition) is 2. The van der Waals surface area contributed by atoms with E-state index in [9.17, 15) is 8.78 Å². The van der Waals surface area contributed by atoms with Gasteiger partial charge in [0.05, 0.1) is 0 Å². The molecule has 2 rings (SSSR count). The molecule has 1 unspecified atom stereocenters. The van der Waals surface area contributed by atoms with Gasteiger partial charge in [-0.1, -0.05) is 15.9 Å². The largest absolute Gasteiger partial charge is 0.338 e. The molecular weight excluding hydrogens is 316 g/mol. The third kappa shape index (κ3) is 3.01. The van der Waals surface area contributed by atoms with Gasteiger partial charge in [-0.2, -0.15) is 0 Å². The number of aryl methyl sites for hydroxylation is 1. The lowest BCUT2D eigenvalue weighted by Gasteiger charge is -2.18. The molecule has 0 spiro atoms. The van der Waals surface area contributed by atoms with Crippen molar-refractivity contribution in [3.63, 3.8) is 0 Å². The van der Waals surface area contributed by atoms with Gasteiger partial charge in [0.2, 0.25) is 0 Å². The first kappa shape index (κ1) is 14.1. The number of halogens is 3. The molecule has 0 radical (unpaired) electrons. The zero-order chi connectivity index (χ0) is 14.0. The molecule has 0 amide bonds. The third-order valence-corrected chi connectivity index (χ3v) is 3.51. The summed E-state index contributed by atoms with van der Waals surface area (Å²) < 4.78 is 30.1. The molecule has 0 aliphatic heterocycles. The summed E-state index contributed by atoms with van der Waals surface area (Å²) in [5, 5.41) is 2.94. The zero-order valence-corrected chi connectivity index (χ0v) is 12.2. The number of nitrogens with zero attached hydrogens (tertiary/aromatic N) is 2. The number of benzene rings is 1. The molecule has 0 aliphatic carbocycles. The van der Waals surface area contributed by atoms with E-state index >= 15 is 0 Å². The number of nitrogens with one attached hydrogen (secondary N) is 1. The Balaban J connectivity index is 2.35. The van der Waals surface area contributed by atoms with Crippen LogP contribution in [0.5, 0.6) is 0 Å². The van der Waals surface area contributed by atoms with Crippen molar-refractivity contribution >= 4 is 15.9 Å². The van der Waals surface area contributed by atoms with Crippen molar-refractivity contribution < 1.29 is 8.78 Å². The van der Waals surface area contributed by atoms with E-state index in [1.54, 1.807) is 19.4 Å². The van der Waals surface area contributed by atoms with Crippen LogP contribution in [0.1, 0.15) is 17.4 Å². The average Bonchev–Trinajstić information content (AvgIpc) is 2.72. The zero-order valence-electron chi connectivity index (χ0n) is 10.6. The van der Waals surface area contributed by atoms with Crippen LogP contribution < -0.4 is 5.32 Å². The Kier molecular flexibility index (Phi) is 4.31. The average molecular weight is 330 g/mol. The number of hydrogen-bond donors (Lipinski definition) is 1. The van der Waals surface area contributed by atoms with E-state index in [1.165, 1.54) is 12.1 Å². The monoisotopic (exact) mass is 329 g/mol. The van der Waals surface area contributed by atoms with Gasteiger partial charge in [0.1, 0.15) is 17.5 Å². The SMILES string of the molecule is CNC(Cc1nccn1C)c1c(F)cc(Br)cc1F. The molecule has 2 aromatic rings. The molecule has 0 saturated carbocycles. The van der Waals surface area contributed by atoms with Crippen LogP contribution in [0.3, 0.4) is 0 Å². The molecule has 19 heavy (non-hydrogen) atoms. The first-order chi connectivity index (χ1) is 9.02. The quantitative estimate of drug-likeness (QED) is 0.934. The van der Waals surface area contributed by atoms with Crippen molar-refractivity contribution in [3.05, 3.63) is 52.0 Å². The molecule has 1 atom stereocenters. The van der Waals surface area contributed by atoms with Gasteiger partial charge in [-0.3, -0.25) is 0 Å². The van der Waals surface area contributed by atoms with E-state index < -0.39 is 17.7 Å². The van der Waals surface area contributed by atoms with Crippen molar-refractivity contribution in [2.45, 2.75) is 12.5 Å². The Morgan fingerprint density at radius 2 is 2.00 bits per heavy atom. The highest BCUT2D eigenvalue weighted by Crippen LogP contribution is 2.26. The first-order valence-electron chi connectivity index (χ1n) is 5.80. The van der Waals surface area contributed by atoms with E-state index in [-0.39, 0.29) is 5.56 Å². The minimum Gasteiger partial charge on any atom is -0.338 e. The Hall–Kier alpha value is -1.27. The second-order valence-electron chi connectivity index (χ2n) is 4.28. The van der Waals surface area contributed by atoms with Crippen LogP contribution in [-0.2, 0) is 13.5 Å². The molecular formula is C13H14BrF2N3. The highest BCUT2D eigenvalue weighted by molar-refractivity contribution is 9.10. The maximum atomic E-state index is 13.9. The maximum Gasteiger partial charge on any atom is 0.132 e. The van der Waals surface area contributed by atoms with E-state index in [2.05, 4.69) is 26.2 Å². The van der Waals surface area contributed by atoms with E-state index in [4.69, 9.17) is 0 Å². The van der Waals surface area contributed by atoms with Gasteiger partial charge in [-0.15, -0.1) is 0 Å². The van der Waals surface area contributed by atoms with E-state index in [0.717, 1.165) is 5.82 Å². The summed E-state index contributed by atoms with van der Waals surface area (Å²) in [5.41, 5.74) is 0.0358. The Morgan fingerprint density at radius 3 is 2.47 bits per heavy atom. The van der Waals surface area contributed by atoms with Crippen LogP contribution >= 0.6 is 15.9 Å². The van der Waals surface area contributed by atoms with E-state index in [0.29, 0.717) is 10.9 Å². The molecule has 0 saturated heterocycles. The van der Waals surface area contributed by atoms with Crippen molar-refractivity contribution in [2.75, 3.05) is 7.05 Å². The molecule has 1 aromatic heterocycles. The normalized spacial score (nSPS) is 12.7. The second-order valence-corrected chi connectivity index (χ2v) is 5.20. The molecule has 0 bridgehead atoms. The van der Waals surface area contributed by atoms with Gasteiger partial charge in [0.15, 0.2) is 0 Å². The number of aromatic nitrogens is 2. The molecule has 102 valence electrons. The lowest BCUT2D eigenvalue weighted by Crippen LogP contribution is -2.23. The molecule has 0 fully saturated rings. The van der Waals surface area contributed by atoms with Crippen LogP contribution in [0.2, 0.25) is 0 Å². The minimum atomic E-state index is -0.569. The van der Waals surface area contributed by atoms with E-state index in [1.807, 2.05) is 11.6 Å². The summed E-state index contributed by atoms with van der Waals surface area (Å²) >= 11 is 3.07. The summed E-state index contributed by atoms with van der Waals surface area (Å²) in [6.45, 7) is 0. The highest BCUT2D eigenvalue weighted by Gasteiger charge is 2.21. The Morgan fingerprint density at radius 1 is 1.37 bits per heavy atom. The van der Waals surface area contributed by atoms with Gasteiger partial charge in [0.25, 0.3) is 0 Å². The van der Waals surface area contributed by atoms with Crippen LogP contribution in [0, 0.1) is 11.6 Å². The number of rotatable bonds is 4. The predicted molar refractivity (Wildman–Crippen MR) is 72.8 cm³/mol. The fraction of sp³-hybridized carbons (Fsp3) is 0.308. The van der Waals surface area contributed by atoms with Crippen molar-refractivity contribution in [1.29, 1.82) is 0 Å². The molecule has 1 aromatic carbocycles. The standard InChI is InChI=1S/C13H14BrF2N3/c1-17-11(7-12-18-3-4-19(12)2)13-9(15)5-8(14)6-10(13)16/h3-6,11,17H,7H2,1-2H3. The third-order valence-electron chi connectivity index (χ3n) is 3.05. The minimum absolute atomic E-state index is 0.0358. The second kappa shape index (κ2) is 5.79. The van der Waals surface area contributed by atoms with Gasteiger partial charge in [-0.05, 0) is 19.2 Å². The topological polar surface area (TPSA) is 29.9 Å². The first-order valence-corrected chi connectivity index (χ1v) is 6.60. The summed E-state index contributed by atoms with van der Waals surface area (Å²) in [4.78, 5) is 4.17. The summed E-state index contributed by atoms with van der Waals surface area (Å²) in [5.74, 6) is -0.373. The van der Waals surface area contributed by atoms with Gasteiger partial charge < -0.3 is 9.88 Å². The Labute approximate surface area is 118 Å². The lowest BCUT2D eigenvalue weighted by molar-refractivity contribution is 0.479. The molecule has 3 nitrogen and oxygen atoms in total. The predicted octanol–water partition coefficient (Wildman–Crippen LogP) is 2.96. The molecule has 1 N–H and O–H groups in total. The fourth-order valence-electron chi connectivity index (χ4n) is 2.01. The lowest BCUT2D eigenvalue weighted by atomic mass is 10.0. The van der Waals surface area contributed by atoms with Crippen molar-refractivity contribution in [1.82, 2.24) is 14.9 Å². The smallest absolute Gasteiger partial charge is 0.132 e. The van der Waals surface area contributed by atoms with Gasteiger partial charge in [-0.25, -0.2) is 13.8 Å². The van der Waals surface area contributed by atoms with Gasteiger partial charge in [0, 0.05) is 41.9 Å². The van der Waals surface area contributed by atoms with Crippen LogP contribution in [0.4, 0.5) is 8.78 Å². The molecule has 1 heterocycles. The fourth-order valence-corrected chi connectivity index (χ4v) is 2.41. The summed E-state index contributed by atoms with van der Waals surface area (Å²) in [6, 6.07) is 2.07. The van der Waals surface area contributed by atoms with Crippen LogP contribution in [0.25, 0.3) is 0 Å². The maximum absolute atomic E-state index is 13.9. The van der Waals surface area contributed by atoms with Gasteiger partial charge >= 0.3 is 0 Å². The highest BCUT2D eigenvalue weighted by atomic mass is 79.9. The summed E-state index contributed by atoms with van der Waals surface area (Å²) in [7, 11) is 3.53. The Bertz CT molecular complexity index is 560. The molecule has 6 heteroatoms. The van der Waals surface area contributed by atoms with Crippen molar-refractivity contribution in [2.24, 2.45) is 7.05 Å².